The van der Waals surface area contributed by atoms with E-state index in [0.717, 1.165) is 68.6 Å². The van der Waals surface area contributed by atoms with Gasteiger partial charge in [0.05, 0.1) is 0 Å². The monoisotopic (exact) mass is 414 g/mol. The first-order valence-corrected chi connectivity index (χ1v) is 13.8. The summed E-state index contributed by atoms with van der Waals surface area (Å²) in [6, 6.07) is 0. The summed E-state index contributed by atoms with van der Waals surface area (Å²) in [4.78, 5) is 25.7. The molecule has 4 fully saturated rings. The molecule has 4 saturated carbocycles. The molecule has 0 saturated heterocycles. The lowest BCUT2D eigenvalue weighted by Gasteiger charge is -2.30. The third-order valence-electron chi connectivity index (χ3n) is 9.63. The van der Waals surface area contributed by atoms with Crippen LogP contribution >= 0.6 is 0 Å². The molecule has 0 aromatic heterocycles. The van der Waals surface area contributed by atoms with Gasteiger partial charge in [-0.25, -0.2) is 0 Å². The summed E-state index contributed by atoms with van der Waals surface area (Å²) < 4.78 is 0. The van der Waals surface area contributed by atoms with Crippen LogP contribution in [0.25, 0.3) is 0 Å². The minimum atomic E-state index is 0.330. The van der Waals surface area contributed by atoms with Crippen LogP contribution in [0.2, 0.25) is 0 Å². The van der Waals surface area contributed by atoms with Crippen LogP contribution in [-0.4, -0.2) is 11.6 Å². The molecule has 0 aromatic rings. The van der Waals surface area contributed by atoms with Gasteiger partial charge in [-0.1, -0.05) is 64.2 Å². The predicted molar refractivity (Wildman–Crippen MR) is 123 cm³/mol. The number of hydrogen-bond acceptors (Lipinski definition) is 2. The summed E-state index contributed by atoms with van der Waals surface area (Å²) in [5, 5.41) is 0. The largest absolute Gasteiger partial charge is 0.299 e. The van der Waals surface area contributed by atoms with Crippen molar-refractivity contribution in [1.29, 1.82) is 0 Å². The molecule has 4 rings (SSSR count). The van der Waals surface area contributed by atoms with E-state index in [9.17, 15) is 9.59 Å². The predicted octanol–water partition coefficient (Wildman–Crippen LogP) is 7.68. The summed E-state index contributed by atoms with van der Waals surface area (Å²) in [6.07, 6.45) is 24.4. The Labute approximate surface area is 185 Å². The van der Waals surface area contributed by atoms with Gasteiger partial charge in [0.15, 0.2) is 0 Å². The number of hydrogen-bond donors (Lipinski definition) is 0. The van der Waals surface area contributed by atoms with Gasteiger partial charge in [0, 0.05) is 24.7 Å². The number of unbranched alkanes of at least 4 members (excludes halogenated alkanes) is 1. The van der Waals surface area contributed by atoms with Gasteiger partial charge in [0.25, 0.3) is 0 Å². The zero-order chi connectivity index (χ0) is 20.8. The van der Waals surface area contributed by atoms with Gasteiger partial charge in [-0.2, -0.15) is 0 Å². The van der Waals surface area contributed by atoms with E-state index < -0.39 is 0 Å². The van der Waals surface area contributed by atoms with E-state index in [4.69, 9.17) is 0 Å². The molecule has 4 aliphatic carbocycles. The fourth-order valence-corrected chi connectivity index (χ4v) is 7.73. The lowest BCUT2D eigenvalue weighted by molar-refractivity contribution is -0.125. The van der Waals surface area contributed by atoms with Crippen LogP contribution in [0.1, 0.15) is 128 Å². The van der Waals surface area contributed by atoms with Crippen molar-refractivity contribution in [3.05, 3.63) is 0 Å². The lowest BCUT2D eigenvalue weighted by atomic mass is 9.75. The molecule has 5 atom stereocenters. The van der Waals surface area contributed by atoms with E-state index in [-0.39, 0.29) is 0 Å². The highest BCUT2D eigenvalue weighted by atomic mass is 16.1. The summed E-state index contributed by atoms with van der Waals surface area (Å²) >= 11 is 0. The topological polar surface area (TPSA) is 34.1 Å². The van der Waals surface area contributed by atoms with Gasteiger partial charge < -0.3 is 0 Å². The van der Waals surface area contributed by atoms with Crippen LogP contribution < -0.4 is 0 Å². The second-order valence-corrected chi connectivity index (χ2v) is 11.5. The van der Waals surface area contributed by atoms with Crippen molar-refractivity contribution in [3.8, 4) is 0 Å². The SMILES string of the molecule is O=C(CCCCC(=O)C1CCCC2CCCCC2C1)C1CCC2CCCCC2CC1. The maximum Gasteiger partial charge on any atom is 0.135 e. The molecule has 0 aromatic carbocycles. The second kappa shape index (κ2) is 11.3. The van der Waals surface area contributed by atoms with Gasteiger partial charge in [-0.15, -0.1) is 0 Å². The van der Waals surface area contributed by atoms with Crippen molar-refractivity contribution in [1.82, 2.24) is 0 Å². The molecule has 0 spiro atoms. The van der Waals surface area contributed by atoms with E-state index in [1.165, 1.54) is 83.5 Å². The van der Waals surface area contributed by atoms with Crippen LogP contribution in [0, 0.1) is 35.5 Å². The Morgan fingerprint density at radius 3 is 1.53 bits per heavy atom. The third kappa shape index (κ3) is 5.98. The molecule has 4 aliphatic rings. The smallest absolute Gasteiger partial charge is 0.135 e. The molecule has 170 valence electrons. The minimum Gasteiger partial charge on any atom is -0.299 e. The van der Waals surface area contributed by atoms with Crippen molar-refractivity contribution in [2.24, 2.45) is 35.5 Å². The van der Waals surface area contributed by atoms with E-state index >= 15 is 0 Å². The van der Waals surface area contributed by atoms with E-state index in [1.807, 2.05) is 0 Å². The molecule has 5 unspecified atom stereocenters. The minimum absolute atomic E-state index is 0.330. The number of Topliss-reactive ketones (excluding diaryl/α,β-unsaturated/α-hetero) is 2. The van der Waals surface area contributed by atoms with Crippen LogP contribution in [0.5, 0.6) is 0 Å². The Kier molecular flexibility index (Phi) is 8.47. The highest BCUT2D eigenvalue weighted by Crippen LogP contribution is 2.42. The average molecular weight is 415 g/mol. The number of fused-ring (bicyclic) bond motifs is 2. The standard InChI is InChI=1S/C28H46O2/c29-27(24-18-16-22-9-1-2-10-23(22)17-19-24)14-5-6-15-28(30)26-13-7-12-21-8-3-4-11-25(21)20-26/h21-26H,1-20H2. The summed E-state index contributed by atoms with van der Waals surface area (Å²) in [6.45, 7) is 0. The molecular weight excluding hydrogens is 368 g/mol. The quantitative estimate of drug-likeness (QED) is 0.400. The molecule has 0 amide bonds. The Balaban J connectivity index is 1.15. The van der Waals surface area contributed by atoms with Gasteiger partial charge in [0.1, 0.15) is 11.6 Å². The maximum absolute atomic E-state index is 12.9. The fraction of sp³-hybridized carbons (Fsp3) is 0.929. The molecular formula is C28H46O2. The fourth-order valence-electron chi connectivity index (χ4n) is 7.73. The summed E-state index contributed by atoms with van der Waals surface area (Å²) in [5.74, 6) is 5.27. The van der Waals surface area contributed by atoms with Crippen LogP contribution in [0.15, 0.2) is 0 Å². The molecule has 0 bridgehead atoms. The van der Waals surface area contributed by atoms with Gasteiger partial charge in [-0.05, 0) is 75.0 Å². The van der Waals surface area contributed by atoms with E-state index in [1.54, 1.807) is 0 Å². The summed E-state index contributed by atoms with van der Waals surface area (Å²) in [5.41, 5.74) is 0. The van der Waals surface area contributed by atoms with E-state index in [0.29, 0.717) is 23.4 Å². The first kappa shape index (κ1) is 22.5. The highest BCUT2D eigenvalue weighted by molar-refractivity contribution is 5.82. The lowest BCUT2D eigenvalue weighted by Crippen LogP contribution is -2.22. The number of rotatable bonds is 7. The molecule has 2 nitrogen and oxygen atoms in total. The Morgan fingerprint density at radius 1 is 0.467 bits per heavy atom. The first-order chi connectivity index (χ1) is 14.7. The molecule has 0 radical (unpaired) electrons. The number of carbonyl (C=O) groups is 2. The van der Waals surface area contributed by atoms with Gasteiger partial charge in [0.2, 0.25) is 0 Å². The molecule has 0 aliphatic heterocycles. The zero-order valence-electron chi connectivity index (χ0n) is 19.4. The Bertz CT molecular complexity index is 551. The average Bonchev–Trinajstić information content (AvgIpc) is 3.13. The van der Waals surface area contributed by atoms with Crippen LogP contribution in [-0.2, 0) is 9.59 Å². The van der Waals surface area contributed by atoms with Crippen LogP contribution in [0.4, 0.5) is 0 Å². The third-order valence-corrected chi connectivity index (χ3v) is 9.63. The van der Waals surface area contributed by atoms with Crippen molar-refractivity contribution in [2.75, 3.05) is 0 Å². The van der Waals surface area contributed by atoms with Gasteiger partial charge >= 0.3 is 0 Å². The van der Waals surface area contributed by atoms with Gasteiger partial charge in [-0.3, -0.25) is 9.59 Å². The first-order valence-electron chi connectivity index (χ1n) is 13.8. The molecule has 30 heavy (non-hydrogen) atoms. The normalized spacial score (nSPS) is 37.3. The number of ketones is 2. The van der Waals surface area contributed by atoms with E-state index in [2.05, 4.69) is 0 Å². The van der Waals surface area contributed by atoms with Crippen molar-refractivity contribution < 1.29 is 9.59 Å². The van der Waals surface area contributed by atoms with Crippen molar-refractivity contribution in [3.63, 3.8) is 0 Å². The molecule has 0 heterocycles. The van der Waals surface area contributed by atoms with Crippen molar-refractivity contribution >= 4 is 11.6 Å². The maximum atomic E-state index is 12.9. The zero-order valence-corrected chi connectivity index (χ0v) is 19.4. The Morgan fingerprint density at radius 2 is 0.933 bits per heavy atom. The second-order valence-electron chi connectivity index (χ2n) is 11.5. The van der Waals surface area contributed by atoms with Crippen molar-refractivity contribution in [2.45, 2.75) is 128 Å². The molecule has 2 heteroatoms. The molecule has 0 N–H and O–H groups in total. The van der Waals surface area contributed by atoms with Crippen LogP contribution in [0.3, 0.4) is 0 Å². The number of carbonyl (C=O) groups excluding carboxylic acids is 2. The summed E-state index contributed by atoms with van der Waals surface area (Å²) in [7, 11) is 0. The highest BCUT2D eigenvalue weighted by Gasteiger charge is 2.33. The Hall–Kier alpha value is -0.660.